The van der Waals surface area contributed by atoms with Crippen LogP contribution in [-0.2, 0) is 6.54 Å². The molecule has 0 amide bonds. The molecule has 1 aromatic carbocycles. The molecule has 0 bridgehead atoms. The van der Waals surface area contributed by atoms with E-state index in [9.17, 15) is 4.39 Å². The smallest absolute Gasteiger partial charge is 0.126 e. The van der Waals surface area contributed by atoms with Gasteiger partial charge < -0.3 is 10.1 Å². The number of ether oxygens (including phenoxy) is 1. The van der Waals surface area contributed by atoms with E-state index in [-0.39, 0.29) is 6.61 Å². The minimum atomic E-state index is -0.462. The van der Waals surface area contributed by atoms with Crippen molar-refractivity contribution in [2.75, 3.05) is 19.8 Å². The zero-order valence-corrected chi connectivity index (χ0v) is 11.2. The summed E-state index contributed by atoms with van der Waals surface area (Å²) in [6.07, 6.45) is 0. The van der Waals surface area contributed by atoms with Gasteiger partial charge in [-0.25, -0.2) is 4.39 Å². The van der Waals surface area contributed by atoms with Gasteiger partial charge in [0, 0.05) is 16.6 Å². The average molecular weight is 290 g/mol. The van der Waals surface area contributed by atoms with Crippen LogP contribution >= 0.6 is 15.9 Å². The molecular formula is C12H17BrFNO. The number of alkyl halides is 1. The SMILES string of the molecule is CCNCc1cc(Br)cc(C)c1OCCF. The number of nitrogens with one attached hydrogen (secondary N) is 1. The first-order chi connectivity index (χ1) is 7.69. The number of rotatable bonds is 6. The Morgan fingerprint density at radius 1 is 1.44 bits per heavy atom. The molecule has 0 spiro atoms. The van der Waals surface area contributed by atoms with Crippen LogP contribution in [0.15, 0.2) is 16.6 Å². The number of aryl methyl sites for hydroxylation is 1. The van der Waals surface area contributed by atoms with Gasteiger partial charge in [0.25, 0.3) is 0 Å². The van der Waals surface area contributed by atoms with Crippen LogP contribution in [0, 0.1) is 6.92 Å². The quantitative estimate of drug-likeness (QED) is 0.868. The fourth-order valence-electron chi connectivity index (χ4n) is 1.54. The van der Waals surface area contributed by atoms with E-state index in [1.54, 1.807) is 0 Å². The normalized spacial score (nSPS) is 10.5. The van der Waals surface area contributed by atoms with Gasteiger partial charge in [0.15, 0.2) is 0 Å². The van der Waals surface area contributed by atoms with Gasteiger partial charge in [0.1, 0.15) is 19.0 Å². The molecule has 0 radical (unpaired) electrons. The van der Waals surface area contributed by atoms with Crippen LogP contribution in [0.25, 0.3) is 0 Å². The number of halogens is 2. The summed E-state index contributed by atoms with van der Waals surface area (Å²) in [4.78, 5) is 0. The Hall–Kier alpha value is -0.610. The van der Waals surface area contributed by atoms with Gasteiger partial charge in [-0.1, -0.05) is 22.9 Å². The fourth-order valence-corrected chi connectivity index (χ4v) is 2.16. The van der Waals surface area contributed by atoms with E-state index in [0.29, 0.717) is 0 Å². The highest BCUT2D eigenvalue weighted by molar-refractivity contribution is 9.10. The van der Waals surface area contributed by atoms with Crippen LogP contribution in [0.3, 0.4) is 0 Å². The largest absolute Gasteiger partial charge is 0.490 e. The van der Waals surface area contributed by atoms with Crippen LogP contribution < -0.4 is 10.1 Å². The molecule has 0 atom stereocenters. The van der Waals surface area contributed by atoms with E-state index in [0.717, 1.165) is 34.4 Å². The Morgan fingerprint density at radius 2 is 2.19 bits per heavy atom. The third-order valence-corrected chi connectivity index (χ3v) is 2.66. The molecule has 0 heterocycles. The van der Waals surface area contributed by atoms with Crippen molar-refractivity contribution in [3.63, 3.8) is 0 Å². The summed E-state index contributed by atoms with van der Waals surface area (Å²) in [6.45, 7) is 5.30. The second-order valence-electron chi connectivity index (χ2n) is 3.53. The lowest BCUT2D eigenvalue weighted by Gasteiger charge is -2.14. The van der Waals surface area contributed by atoms with Gasteiger partial charge in [-0.05, 0) is 31.2 Å². The maximum Gasteiger partial charge on any atom is 0.126 e. The molecule has 1 rings (SSSR count). The summed E-state index contributed by atoms with van der Waals surface area (Å²) in [5.74, 6) is 0.793. The lowest BCUT2D eigenvalue weighted by Crippen LogP contribution is -2.14. The molecule has 0 saturated heterocycles. The van der Waals surface area contributed by atoms with E-state index in [1.807, 2.05) is 26.0 Å². The molecule has 90 valence electrons. The Balaban J connectivity index is 2.91. The molecule has 2 nitrogen and oxygen atoms in total. The van der Waals surface area contributed by atoms with Crippen molar-refractivity contribution >= 4 is 15.9 Å². The predicted octanol–water partition coefficient (Wildman–Crippen LogP) is 3.22. The second kappa shape index (κ2) is 6.86. The first kappa shape index (κ1) is 13.5. The predicted molar refractivity (Wildman–Crippen MR) is 67.7 cm³/mol. The van der Waals surface area contributed by atoms with E-state index >= 15 is 0 Å². The second-order valence-corrected chi connectivity index (χ2v) is 4.44. The molecule has 1 aromatic rings. The molecule has 16 heavy (non-hydrogen) atoms. The molecule has 0 aliphatic heterocycles. The maximum absolute atomic E-state index is 12.1. The van der Waals surface area contributed by atoms with Gasteiger partial charge in [0.05, 0.1) is 0 Å². The first-order valence-electron chi connectivity index (χ1n) is 5.37. The van der Waals surface area contributed by atoms with Crippen LogP contribution in [0.1, 0.15) is 18.1 Å². The van der Waals surface area contributed by atoms with Gasteiger partial charge in [-0.2, -0.15) is 0 Å². The third-order valence-electron chi connectivity index (χ3n) is 2.21. The summed E-state index contributed by atoms with van der Waals surface area (Å²) < 4.78 is 18.6. The Morgan fingerprint density at radius 3 is 2.81 bits per heavy atom. The van der Waals surface area contributed by atoms with Gasteiger partial charge in [-0.3, -0.25) is 0 Å². The Bertz CT molecular complexity index is 344. The lowest BCUT2D eigenvalue weighted by molar-refractivity contribution is 0.269. The highest BCUT2D eigenvalue weighted by Crippen LogP contribution is 2.28. The summed E-state index contributed by atoms with van der Waals surface area (Å²) in [5.41, 5.74) is 2.08. The fraction of sp³-hybridized carbons (Fsp3) is 0.500. The highest BCUT2D eigenvalue weighted by atomic mass is 79.9. The Kier molecular flexibility index (Phi) is 5.77. The van der Waals surface area contributed by atoms with Crippen LogP contribution in [-0.4, -0.2) is 19.8 Å². The van der Waals surface area contributed by atoms with Crippen molar-refractivity contribution in [3.8, 4) is 5.75 Å². The summed E-state index contributed by atoms with van der Waals surface area (Å²) in [7, 11) is 0. The van der Waals surface area contributed by atoms with Gasteiger partial charge >= 0.3 is 0 Å². The molecule has 0 saturated carbocycles. The zero-order chi connectivity index (χ0) is 12.0. The van der Waals surface area contributed by atoms with Crippen molar-refractivity contribution < 1.29 is 9.13 Å². The van der Waals surface area contributed by atoms with Crippen LogP contribution in [0.2, 0.25) is 0 Å². The third kappa shape index (κ3) is 3.76. The van der Waals surface area contributed by atoms with E-state index in [4.69, 9.17) is 4.74 Å². The van der Waals surface area contributed by atoms with Gasteiger partial charge in [-0.15, -0.1) is 0 Å². The molecule has 4 heteroatoms. The number of benzene rings is 1. The number of hydrogen-bond acceptors (Lipinski definition) is 2. The average Bonchev–Trinajstić information content (AvgIpc) is 2.24. The molecule has 0 aliphatic rings. The van der Waals surface area contributed by atoms with Crippen molar-refractivity contribution in [1.29, 1.82) is 0 Å². The van der Waals surface area contributed by atoms with E-state index in [2.05, 4.69) is 21.2 Å². The minimum Gasteiger partial charge on any atom is -0.490 e. The zero-order valence-electron chi connectivity index (χ0n) is 9.65. The summed E-state index contributed by atoms with van der Waals surface area (Å²) in [6, 6.07) is 3.98. The first-order valence-corrected chi connectivity index (χ1v) is 6.16. The number of hydrogen-bond donors (Lipinski definition) is 1. The van der Waals surface area contributed by atoms with Crippen molar-refractivity contribution in [1.82, 2.24) is 5.32 Å². The van der Waals surface area contributed by atoms with Crippen molar-refractivity contribution in [3.05, 3.63) is 27.7 Å². The van der Waals surface area contributed by atoms with E-state index < -0.39 is 6.67 Å². The summed E-state index contributed by atoms with van der Waals surface area (Å²) >= 11 is 3.45. The highest BCUT2D eigenvalue weighted by Gasteiger charge is 2.08. The topological polar surface area (TPSA) is 21.3 Å². The monoisotopic (exact) mass is 289 g/mol. The van der Waals surface area contributed by atoms with E-state index in [1.165, 1.54) is 0 Å². The lowest BCUT2D eigenvalue weighted by atomic mass is 10.1. The summed E-state index contributed by atoms with van der Waals surface area (Å²) in [5, 5.41) is 3.24. The molecule has 0 unspecified atom stereocenters. The molecule has 1 N–H and O–H groups in total. The van der Waals surface area contributed by atoms with Crippen molar-refractivity contribution in [2.24, 2.45) is 0 Å². The van der Waals surface area contributed by atoms with Crippen LogP contribution in [0.4, 0.5) is 4.39 Å². The molecular weight excluding hydrogens is 273 g/mol. The van der Waals surface area contributed by atoms with Gasteiger partial charge in [0.2, 0.25) is 0 Å². The Labute approximate surface area is 104 Å². The molecule has 0 aliphatic carbocycles. The standard InChI is InChI=1S/C12H17BrFNO/c1-3-15-8-10-7-11(13)6-9(2)12(10)16-5-4-14/h6-7,15H,3-5,8H2,1-2H3. The van der Waals surface area contributed by atoms with Crippen molar-refractivity contribution in [2.45, 2.75) is 20.4 Å². The molecule has 0 fully saturated rings. The maximum atomic E-state index is 12.1. The van der Waals surface area contributed by atoms with Crippen LogP contribution in [0.5, 0.6) is 5.75 Å². The minimum absolute atomic E-state index is 0.113. The molecule has 0 aromatic heterocycles.